The average Bonchev–Trinajstić information content (AvgIpc) is 3.37. The highest BCUT2D eigenvalue weighted by Crippen LogP contribution is 2.49. The number of hydrogen-bond acceptors (Lipinski definition) is 5. The zero-order chi connectivity index (χ0) is 19.7. The van der Waals surface area contributed by atoms with Gasteiger partial charge in [0.2, 0.25) is 5.91 Å². The Balaban J connectivity index is 1.57. The molecule has 0 bridgehead atoms. The van der Waals surface area contributed by atoms with Crippen molar-refractivity contribution in [3.63, 3.8) is 0 Å². The van der Waals surface area contributed by atoms with Gasteiger partial charge >= 0.3 is 0 Å². The third kappa shape index (κ3) is 3.19. The van der Waals surface area contributed by atoms with E-state index in [1.165, 1.54) is 12.1 Å². The number of nitrogens with one attached hydrogen (secondary N) is 1. The van der Waals surface area contributed by atoms with Crippen LogP contribution in [0.2, 0.25) is 0 Å². The average molecular weight is 382 g/mol. The van der Waals surface area contributed by atoms with E-state index in [-0.39, 0.29) is 5.91 Å². The third-order valence-electron chi connectivity index (χ3n) is 4.94. The molecule has 1 aliphatic rings. The van der Waals surface area contributed by atoms with E-state index in [9.17, 15) is 9.18 Å². The van der Waals surface area contributed by atoms with Crippen LogP contribution in [-0.2, 0) is 10.2 Å². The minimum absolute atomic E-state index is 0.217. The van der Waals surface area contributed by atoms with Gasteiger partial charge in [-0.15, -0.1) is 0 Å². The first-order valence-electron chi connectivity index (χ1n) is 8.82. The summed E-state index contributed by atoms with van der Waals surface area (Å²) in [5.41, 5.74) is 0.994. The topological polar surface area (TPSA) is 73.6 Å². The van der Waals surface area contributed by atoms with Crippen molar-refractivity contribution < 1.29 is 23.2 Å². The molecule has 144 valence electrons. The number of nitrogens with zero attached hydrogens (tertiary/aromatic N) is 1. The predicted octanol–water partition coefficient (Wildman–Crippen LogP) is 4.17. The summed E-state index contributed by atoms with van der Waals surface area (Å²) in [5.74, 6) is 1.09. The molecule has 1 amide bonds. The maximum Gasteiger partial charge on any atom is 0.236 e. The highest BCUT2D eigenvalue weighted by atomic mass is 19.1. The van der Waals surface area contributed by atoms with Crippen LogP contribution in [0, 0.1) is 5.82 Å². The van der Waals surface area contributed by atoms with Gasteiger partial charge < -0.3 is 19.3 Å². The summed E-state index contributed by atoms with van der Waals surface area (Å²) in [6.07, 6.45) is 1.32. The fourth-order valence-electron chi connectivity index (χ4n) is 3.17. The molecule has 28 heavy (non-hydrogen) atoms. The summed E-state index contributed by atoms with van der Waals surface area (Å²) in [7, 11) is 3.13. The standard InChI is InChI=1S/C21H19FN2O4/c1-26-16-7-6-13(10-18(16)27-2)17-12-19(24-28-17)21(8-9-21)20(25)23-15-5-3-4-14(22)11-15/h3-7,10-12H,8-9H2,1-2H3,(H,23,25). The number of benzene rings is 2. The smallest absolute Gasteiger partial charge is 0.236 e. The third-order valence-corrected chi connectivity index (χ3v) is 4.94. The van der Waals surface area contributed by atoms with E-state index in [1.807, 2.05) is 6.07 Å². The molecule has 0 spiro atoms. The molecule has 2 aromatic carbocycles. The second-order valence-electron chi connectivity index (χ2n) is 6.69. The van der Waals surface area contributed by atoms with Crippen molar-refractivity contribution in [1.29, 1.82) is 0 Å². The lowest BCUT2D eigenvalue weighted by atomic mass is 10.00. The Morgan fingerprint density at radius 3 is 2.57 bits per heavy atom. The van der Waals surface area contributed by atoms with Crippen molar-refractivity contribution in [2.24, 2.45) is 0 Å². The molecule has 0 aliphatic heterocycles. The van der Waals surface area contributed by atoms with Gasteiger partial charge in [-0.25, -0.2) is 4.39 Å². The lowest BCUT2D eigenvalue weighted by molar-refractivity contribution is -0.118. The fraction of sp³-hybridized carbons (Fsp3) is 0.238. The van der Waals surface area contributed by atoms with Crippen LogP contribution in [0.5, 0.6) is 11.5 Å². The van der Waals surface area contributed by atoms with Crippen molar-refractivity contribution in [1.82, 2.24) is 5.16 Å². The minimum Gasteiger partial charge on any atom is -0.493 e. The molecular weight excluding hydrogens is 363 g/mol. The second-order valence-corrected chi connectivity index (χ2v) is 6.69. The van der Waals surface area contributed by atoms with Crippen LogP contribution >= 0.6 is 0 Å². The van der Waals surface area contributed by atoms with Crippen molar-refractivity contribution >= 4 is 11.6 Å². The zero-order valence-electron chi connectivity index (χ0n) is 15.5. The van der Waals surface area contributed by atoms with E-state index in [4.69, 9.17) is 14.0 Å². The second kappa shape index (κ2) is 6.99. The summed E-state index contributed by atoms with van der Waals surface area (Å²) in [4.78, 5) is 12.8. The summed E-state index contributed by atoms with van der Waals surface area (Å²) in [6, 6.07) is 13.0. The van der Waals surface area contributed by atoms with Crippen molar-refractivity contribution in [3.8, 4) is 22.8 Å². The van der Waals surface area contributed by atoms with Crippen molar-refractivity contribution in [2.75, 3.05) is 19.5 Å². The molecule has 6 nitrogen and oxygen atoms in total. The Morgan fingerprint density at radius 1 is 1.11 bits per heavy atom. The Kier molecular flexibility index (Phi) is 4.50. The van der Waals surface area contributed by atoms with Gasteiger partial charge in [0, 0.05) is 17.3 Å². The quantitative estimate of drug-likeness (QED) is 0.693. The Labute approximate surface area is 161 Å². The Bertz CT molecular complexity index is 1030. The number of anilines is 1. The van der Waals surface area contributed by atoms with E-state index in [0.29, 0.717) is 41.5 Å². The molecule has 0 atom stereocenters. The summed E-state index contributed by atoms with van der Waals surface area (Å²) in [5, 5.41) is 6.89. The van der Waals surface area contributed by atoms with Gasteiger partial charge in [0.25, 0.3) is 0 Å². The first kappa shape index (κ1) is 18.0. The number of hydrogen-bond donors (Lipinski definition) is 1. The predicted molar refractivity (Wildman–Crippen MR) is 101 cm³/mol. The van der Waals surface area contributed by atoms with Gasteiger partial charge in [-0.05, 0) is 49.2 Å². The van der Waals surface area contributed by atoms with E-state index in [0.717, 1.165) is 5.56 Å². The molecule has 1 aromatic heterocycles. The molecule has 0 saturated heterocycles. The van der Waals surface area contributed by atoms with Crippen LogP contribution in [0.1, 0.15) is 18.5 Å². The van der Waals surface area contributed by atoms with Gasteiger partial charge in [-0.3, -0.25) is 4.79 Å². The van der Waals surface area contributed by atoms with Gasteiger partial charge in [0.05, 0.1) is 25.3 Å². The van der Waals surface area contributed by atoms with Crippen LogP contribution in [0.15, 0.2) is 53.1 Å². The van der Waals surface area contributed by atoms with Crippen LogP contribution in [0.25, 0.3) is 11.3 Å². The molecular formula is C21H19FN2O4. The first-order valence-corrected chi connectivity index (χ1v) is 8.82. The number of carbonyl (C=O) groups excluding carboxylic acids is 1. The number of rotatable bonds is 6. The normalized spacial score (nSPS) is 14.4. The van der Waals surface area contributed by atoms with Crippen LogP contribution in [-0.4, -0.2) is 25.3 Å². The molecule has 7 heteroatoms. The van der Waals surface area contributed by atoms with Gasteiger partial charge in [-0.2, -0.15) is 0 Å². The van der Waals surface area contributed by atoms with E-state index in [2.05, 4.69) is 10.5 Å². The highest BCUT2D eigenvalue weighted by molar-refractivity contribution is 6.01. The monoisotopic (exact) mass is 382 g/mol. The Morgan fingerprint density at radius 2 is 1.89 bits per heavy atom. The maximum absolute atomic E-state index is 13.4. The number of ether oxygens (including phenoxy) is 2. The molecule has 4 rings (SSSR count). The van der Waals surface area contributed by atoms with Crippen LogP contribution < -0.4 is 14.8 Å². The Hall–Kier alpha value is -3.35. The zero-order valence-corrected chi connectivity index (χ0v) is 15.5. The van der Waals surface area contributed by atoms with Crippen LogP contribution in [0.3, 0.4) is 0 Å². The summed E-state index contributed by atoms with van der Waals surface area (Å²) in [6.45, 7) is 0. The lowest BCUT2D eigenvalue weighted by Gasteiger charge is -2.12. The summed E-state index contributed by atoms with van der Waals surface area (Å²) >= 11 is 0. The lowest BCUT2D eigenvalue weighted by Crippen LogP contribution is -2.28. The number of amides is 1. The molecule has 1 saturated carbocycles. The number of carbonyl (C=O) groups is 1. The fourth-order valence-corrected chi connectivity index (χ4v) is 3.17. The van der Waals surface area contributed by atoms with Gasteiger partial charge in [0.15, 0.2) is 17.3 Å². The molecule has 0 unspecified atom stereocenters. The van der Waals surface area contributed by atoms with Gasteiger partial charge in [-0.1, -0.05) is 11.2 Å². The molecule has 1 N–H and O–H groups in total. The summed E-state index contributed by atoms with van der Waals surface area (Å²) < 4.78 is 29.4. The molecule has 0 radical (unpaired) electrons. The highest BCUT2D eigenvalue weighted by Gasteiger charge is 2.53. The van der Waals surface area contributed by atoms with Crippen LogP contribution in [0.4, 0.5) is 10.1 Å². The minimum atomic E-state index is -0.745. The van der Waals surface area contributed by atoms with Crippen molar-refractivity contribution in [2.45, 2.75) is 18.3 Å². The first-order chi connectivity index (χ1) is 13.6. The van der Waals surface area contributed by atoms with E-state index in [1.54, 1.807) is 44.6 Å². The van der Waals surface area contributed by atoms with Crippen molar-refractivity contribution in [3.05, 3.63) is 60.0 Å². The number of halogens is 1. The van der Waals surface area contributed by atoms with E-state index >= 15 is 0 Å². The number of aromatic nitrogens is 1. The molecule has 1 fully saturated rings. The molecule has 3 aromatic rings. The van der Waals surface area contributed by atoms with E-state index < -0.39 is 11.2 Å². The molecule has 1 heterocycles. The molecule has 1 aliphatic carbocycles. The van der Waals surface area contributed by atoms with Gasteiger partial charge in [0.1, 0.15) is 5.82 Å². The maximum atomic E-state index is 13.4. The number of methoxy groups -OCH3 is 2. The SMILES string of the molecule is COc1ccc(-c2cc(C3(C(=O)Nc4cccc(F)c4)CC3)no2)cc1OC. The largest absolute Gasteiger partial charge is 0.493 e.